The number of carbonyl (C=O) groups excluding carboxylic acids is 1. The van der Waals surface area contributed by atoms with Gasteiger partial charge in [0.2, 0.25) is 0 Å². The van der Waals surface area contributed by atoms with Crippen LogP contribution in [-0.4, -0.2) is 60.7 Å². The molecule has 4 heterocycles. The van der Waals surface area contributed by atoms with E-state index >= 15 is 0 Å². The molecule has 1 aromatic carbocycles. The van der Waals surface area contributed by atoms with Crippen LogP contribution in [-0.2, 0) is 0 Å². The molecule has 1 aromatic rings. The smallest absolute Gasteiger partial charge is 0.273 e. The van der Waals surface area contributed by atoms with Gasteiger partial charge in [0.25, 0.3) is 5.91 Å². The summed E-state index contributed by atoms with van der Waals surface area (Å²) >= 11 is 0. The molecule has 0 radical (unpaired) electrons. The van der Waals surface area contributed by atoms with Crippen molar-refractivity contribution in [1.29, 1.82) is 0 Å². The number of unbranched alkanes of at least 4 members (excludes halogenated alkanes) is 1. The Morgan fingerprint density at radius 3 is 2.62 bits per heavy atom. The molecule has 4 fully saturated rings. The molecule has 4 saturated heterocycles. The molecule has 0 spiro atoms. The Morgan fingerprint density at radius 1 is 1.27 bits per heavy atom. The Morgan fingerprint density at radius 2 is 1.96 bits per heavy atom. The number of nitrogen functional groups attached to an aromatic ring is 1. The van der Waals surface area contributed by atoms with Crippen LogP contribution < -0.4 is 11.2 Å². The Bertz CT molecular complexity index is 700. The molecule has 2 unspecified atom stereocenters. The summed E-state index contributed by atoms with van der Waals surface area (Å²) in [6.07, 6.45) is 3.54. The van der Waals surface area contributed by atoms with Crippen LogP contribution in [0.3, 0.4) is 0 Å². The van der Waals surface area contributed by atoms with E-state index < -0.39 is 0 Å². The zero-order chi connectivity index (χ0) is 18.1. The number of amides is 1. The molecule has 0 aliphatic carbocycles. The van der Waals surface area contributed by atoms with Crippen molar-refractivity contribution in [2.75, 3.05) is 45.0 Å². The largest absolute Gasteiger partial charge is 0.398 e. The number of hydrogen-bond donors (Lipinski definition) is 2. The Labute approximate surface area is 155 Å². The zero-order valence-electron chi connectivity index (χ0n) is 15.6. The van der Waals surface area contributed by atoms with Gasteiger partial charge in [-0.2, -0.15) is 5.10 Å². The first kappa shape index (κ1) is 17.5. The van der Waals surface area contributed by atoms with E-state index in [9.17, 15) is 4.79 Å². The summed E-state index contributed by atoms with van der Waals surface area (Å²) in [4.78, 5) is 17.8. The van der Waals surface area contributed by atoms with Crippen LogP contribution in [0.4, 0.5) is 5.69 Å². The summed E-state index contributed by atoms with van der Waals surface area (Å²) < 4.78 is 0. The molecule has 6 heteroatoms. The van der Waals surface area contributed by atoms with Crippen LogP contribution in [0.1, 0.15) is 36.5 Å². The van der Waals surface area contributed by atoms with Crippen LogP contribution in [0.5, 0.6) is 0 Å². The number of fused-ring (bicyclic) bond motifs is 1. The average molecular weight is 355 g/mol. The number of rotatable bonds is 5. The lowest BCUT2D eigenvalue weighted by Crippen LogP contribution is -2.61. The van der Waals surface area contributed by atoms with Crippen molar-refractivity contribution >= 4 is 17.3 Å². The number of piperidine rings is 2. The van der Waals surface area contributed by atoms with E-state index in [1.54, 1.807) is 12.1 Å². The van der Waals surface area contributed by atoms with E-state index in [1.807, 2.05) is 12.1 Å². The van der Waals surface area contributed by atoms with Crippen molar-refractivity contribution in [1.82, 2.24) is 15.2 Å². The summed E-state index contributed by atoms with van der Waals surface area (Å²) in [6, 6.07) is 7.16. The maximum atomic E-state index is 12.6. The first-order valence-electron chi connectivity index (χ1n) is 9.79. The van der Waals surface area contributed by atoms with Crippen molar-refractivity contribution < 1.29 is 4.79 Å². The normalized spacial score (nSPS) is 34.0. The molecule has 3 N–H and O–H groups in total. The monoisotopic (exact) mass is 355 g/mol. The Kier molecular flexibility index (Phi) is 4.71. The molecule has 0 aromatic heterocycles. The van der Waals surface area contributed by atoms with Gasteiger partial charge in [-0.1, -0.05) is 31.9 Å². The van der Waals surface area contributed by atoms with Gasteiger partial charge >= 0.3 is 0 Å². The standard InChI is InChI=1S/C20H29N5O/c1-2-3-8-20-13-24-9-10-25(14-20)12-15(11-24)18(20)22-23-19(26)16-6-4-5-7-17(16)21/h4-7,15H,2-3,8-14,21H2,1H3,(H,23,26)/b22-18-. The maximum Gasteiger partial charge on any atom is 0.273 e. The second kappa shape index (κ2) is 7.00. The number of carbonyl (C=O) groups is 1. The molecule has 6 nitrogen and oxygen atoms in total. The first-order chi connectivity index (χ1) is 12.6. The fraction of sp³-hybridized carbons (Fsp3) is 0.600. The van der Waals surface area contributed by atoms with Gasteiger partial charge in [0.15, 0.2) is 0 Å². The molecule has 4 aliphatic heterocycles. The molecule has 0 saturated carbocycles. The summed E-state index contributed by atoms with van der Waals surface area (Å²) in [5, 5.41) is 4.72. The minimum atomic E-state index is -0.214. The fourth-order valence-corrected chi connectivity index (χ4v) is 4.99. The second-order valence-corrected chi connectivity index (χ2v) is 8.08. The molecule has 2 atom stereocenters. The molecular weight excluding hydrogens is 326 g/mol. The van der Waals surface area contributed by atoms with Gasteiger partial charge in [-0.05, 0) is 18.6 Å². The van der Waals surface area contributed by atoms with E-state index in [-0.39, 0.29) is 11.3 Å². The molecule has 5 rings (SSSR count). The molecule has 1 amide bonds. The van der Waals surface area contributed by atoms with Gasteiger partial charge in [-0.25, -0.2) is 5.43 Å². The number of hydrazone groups is 1. The fourth-order valence-electron chi connectivity index (χ4n) is 4.99. The van der Waals surface area contributed by atoms with Crippen LogP contribution in [0.25, 0.3) is 0 Å². The van der Waals surface area contributed by atoms with Crippen molar-refractivity contribution in [3.8, 4) is 0 Å². The third-order valence-corrected chi connectivity index (χ3v) is 6.16. The molecule has 4 bridgehead atoms. The third-order valence-electron chi connectivity index (χ3n) is 6.16. The second-order valence-electron chi connectivity index (χ2n) is 8.08. The van der Waals surface area contributed by atoms with Crippen molar-refractivity contribution in [3.63, 3.8) is 0 Å². The van der Waals surface area contributed by atoms with Gasteiger partial charge in [0, 0.05) is 56.3 Å². The molecule has 140 valence electrons. The number of nitrogens with one attached hydrogen (secondary N) is 1. The van der Waals surface area contributed by atoms with E-state index in [0.717, 1.165) is 45.7 Å². The highest BCUT2D eigenvalue weighted by molar-refractivity contribution is 6.01. The predicted molar refractivity (Wildman–Crippen MR) is 104 cm³/mol. The van der Waals surface area contributed by atoms with E-state index in [4.69, 9.17) is 10.8 Å². The Hall–Kier alpha value is -1.92. The highest BCUT2D eigenvalue weighted by Gasteiger charge is 2.51. The highest BCUT2D eigenvalue weighted by Crippen LogP contribution is 2.41. The van der Waals surface area contributed by atoms with E-state index in [0.29, 0.717) is 17.2 Å². The summed E-state index contributed by atoms with van der Waals surface area (Å²) in [6.45, 7) is 8.82. The number of benzene rings is 1. The van der Waals surface area contributed by atoms with Crippen LogP contribution in [0.2, 0.25) is 0 Å². The van der Waals surface area contributed by atoms with Gasteiger partial charge in [0.1, 0.15) is 0 Å². The van der Waals surface area contributed by atoms with Gasteiger partial charge in [-0.3, -0.25) is 4.79 Å². The minimum Gasteiger partial charge on any atom is -0.398 e. The maximum absolute atomic E-state index is 12.6. The van der Waals surface area contributed by atoms with Gasteiger partial charge < -0.3 is 15.5 Å². The minimum absolute atomic E-state index is 0.0865. The quantitative estimate of drug-likeness (QED) is 0.624. The third kappa shape index (κ3) is 3.12. The van der Waals surface area contributed by atoms with Crippen molar-refractivity contribution in [3.05, 3.63) is 29.8 Å². The SMILES string of the molecule is CCCCC12CN3CCN(CC(C3)/C1=N/NC(=O)c1ccccc1N)C2. The Balaban J connectivity index is 1.60. The van der Waals surface area contributed by atoms with Crippen molar-refractivity contribution in [2.45, 2.75) is 26.2 Å². The average Bonchev–Trinajstić information content (AvgIpc) is 2.87. The lowest BCUT2D eigenvalue weighted by molar-refractivity contribution is 0.0940. The number of para-hydroxylation sites is 1. The lowest BCUT2D eigenvalue weighted by atomic mass is 9.68. The number of anilines is 1. The number of nitrogens with zero attached hydrogens (tertiary/aromatic N) is 3. The van der Waals surface area contributed by atoms with Gasteiger partial charge in [0.05, 0.1) is 11.3 Å². The zero-order valence-corrected chi connectivity index (χ0v) is 15.6. The summed E-state index contributed by atoms with van der Waals surface area (Å²) in [5.74, 6) is 0.207. The van der Waals surface area contributed by atoms with E-state index in [1.165, 1.54) is 18.6 Å². The van der Waals surface area contributed by atoms with Gasteiger partial charge in [-0.15, -0.1) is 0 Å². The summed E-state index contributed by atoms with van der Waals surface area (Å²) in [7, 11) is 0. The molecule has 26 heavy (non-hydrogen) atoms. The topological polar surface area (TPSA) is 74.0 Å². The van der Waals surface area contributed by atoms with Crippen LogP contribution in [0.15, 0.2) is 29.4 Å². The van der Waals surface area contributed by atoms with Crippen LogP contribution >= 0.6 is 0 Å². The van der Waals surface area contributed by atoms with E-state index in [2.05, 4.69) is 22.1 Å². The van der Waals surface area contributed by atoms with Crippen LogP contribution in [0, 0.1) is 11.3 Å². The first-order valence-corrected chi connectivity index (χ1v) is 9.79. The predicted octanol–water partition coefficient (Wildman–Crippen LogP) is 1.79. The molecular formula is C20H29N5O. The van der Waals surface area contributed by atoms with Crippen molar-refractivity contribution in [2.24, 2.45) is 16.4 Å². The summed E-state index contributed by atoms with van der Waals surface area (Å²) in [5.41, 5.74) is 11.0. The number of hydrogen-bond acceptors (Lipinski definition) is 5. The molecule has 4 aliphatic rings. The lowest BCUT2D eigenvalue weighted by Gasteiger charge is -2.50. The number of nitrogens with two attached hydrogens (primary N) is 1. The highest BCUT2D eigenvalue weighted by atomic mass is 16.2.